The standard InChI is InChI=1S/C21H26N2O4/c24-19(22-15-6-2-1-3-7-15)14-10-12-16(13-11-14)23-20(25)17-8-4-5-9-18(17)21(26)27/h4-5,10-13,15,17-18H,1-3,6-9H2,(H,22,24)(H,23,25)(H,26,27)/t17-,18-/m1/s1. The van der Waals surface area contributed by atoms with Gasteiger partial charge < -0.3 is 15.7 Å². The van der Waals surface area contributed by atoms with Crippen LogP contribution in [0.2, 0.25) is 0 Å². The van der Waals surface area contributed by atoms with Crippen LogP contribution < -0.4 is 10.6 Å². The third-order valence-electron chi connectivity index (χ3n) is 5.44. The summed E-state index contributed by atoms with van der Waals surface area (Å²) < 4.78 is 0. The van der Waals surface area contributed by atoms with Gasteiger partial charge in [-0.3, -0.25) is 14.4 Å². The highest BCUT2D eigenvalue weighted by Gasteiger charge is 2.33. The molecule has 1 saturated carbocycles. The first-order valence-corrected chi connectivity index (χ1v) is 9.64. The third-order valence-corrected chi connectivity index (χ3v) is 5.44. The van der Waals surface area contributed by atoms with Crippen molar-refractivity contribution < 1.29 is 19.5 Å². The molecule has 2 aliphatic carbocycles. The average molecular weight is 370 g/mol. The molecule has 0 aromatic heterocycles. The van der Waals surface area contributed by atoms with E-state index in [1.54, 1.807) is 24.3 Å². The van der Waals surface area contributed by atoms with Crippen molar-refractivity contribution in [3.8, 4) is 0 Å². The number of carbonyl (C=O) groups is 3. The highest BCUT2D eigenvalue weighted by atomic mass is 16.4. The van der Waals surface area contributed by atoms with Crippen molar-refractivity contribution in [1.82, 2.24) is 5.32 Å². The maximum absolute atomic E-state index is 12.5. The van der Waals surface area contributed by atoms with Crippen molar-refractivity contribution in [2.75, 3.05) is 5.32 Å². The summed E-state index contributed by atoms with van der Waals surface area (Å²) in [7, 11) is 0. The molecule has 6 nitrogen and oxygen atoms in total. The topological polar surface area (TPSA) is 95.5 Å². The summed E-state index contributed by atoms with van der Waals surface area (Å²) in [6.45, 7) is 0. The normalized spacial score (nSPS) is 22.8. The largest absolute Gasteiger partial charge is 0.481 e. The maximum Gasteiger partial charge on any atom is 0.307 e. The van der Waals surface area contributed by atoms with Gasteiger partial charge in [-0.05, 0) is 49.9 Å². The van der Waals surface area contributed by atoms with Gasteiger partial charge >= 0.3 is 5.97 Å². The van der Waals surface area contributed by atoms with E-state index in [4.69, 9.17) is 0 Å². The van der Waals surface area contributed by atoms with Gasteiger partial charge in [-0.2, -0.15) is 0 Å². The fourth-order valence-corrected chi connectivity index (χ4v) is 3.83. The number of hydrogen-bond acceptors (Lipinski definition) is 3. The van der Waals surface area contributed by atoms with E-state index in [-0.39, 0.29) is 17.9 Å². The highest BCUT2D eigenvalue weighted by Crippen LogP contribution is 2.27. The fourth-order valence-electron chi connectivity index (χ4n) is 3.83. The van der Waals surface area contributed by atoms with Crippen LogP contribution >= 0.6 is 0 Å². The van der Waals surface area contributed by atoms with Gasteiger partial charge in [-0.15, -0.1) is 0 Å². The number of carbonyl (C=O) groups excluding carboxylic acids is 2. The molecular formula is C21H26N2O4. The number of carboxylic acids is 1. The van der Waals surface area contributed by atoms with Crippen LogP contribution in [-0.4, -0.2) is 28.9 Å². The van der Waals surface area contributed by atoms with Crippen molar-refractivity contribution in [3.63, 3.8) is 0 Å². The Balaban J connectivity index is 1.58. The highest BCUT2D eigenvalue weighted by molar-refractivity contribution is 5.97. The van der Waals surface area contributed by atoms with Crippen molar-refractivity contribution >= 4 is 23.5 Å². The van der Waals surface area contributed by atoms with Gasteiger partial charge in [-0.25, -0.2) is 0 Å². The second-order valence-electron chi connectivity index (χ2n) is 7.37. The number of rotatable bonds is 5. The molecule has 2 aliphatic rings. The van der Waals surface area contributed by atoms with Crippen LogP contribution in [0, 0.1) is 11.8 Å². The van der Waals surface area contributed by atoms with E-state index in [1.807, 2.05) is 12.2 Å². The van der Waals surface area contributed by atoms with Crippen LogP contribution in [-0.2, 0) is 9.59 Å². The van der Waals surface area contributed by atoms with Gasteiger partial charge in [-0.1, -0.05) is 31.4 Å². The Bertz CT molecular complexity index is 720. The van der Waals surface area contributed by atoms with Crippen LogP contribution in [0.15, 0.2) is 36.4 Å². The number of nitrogens with one attached hydrogen (secondary N) is 2. The predicted octanol–water partition coefficient (Wildman–Crippen LogP) is 3.35. The van der Waals surface area contributed by atoms with E-state index in [2.05, 4.69) is 10.6 Å². The van der Waals surface area contributed by atoms with Crippen LogP contribution in [0.3, 0.4) is 0 Å². The first-order chi connectivity index (χ1) is 13.0. The minimum atomic E-state index is -0.950. The minimum absolute atomic E-state index is 0.0943. The first kappa shape index (κ1) is 19.1. The molecule has 2 amide bonds. The number of benzene rings is 1. The molecule has 0 aliphatic heterocycles. The molecule has 0 spiro atoms. The summed E-state index contributed by atoms with van der Waals surface area (Å²) in [6.07, 6.45) is 10.1. The molecule has 0 unspecified atom stereocenters. The van der Waals surface area contributed by atoms with Gasteiger partial charge in [0.15, 0.2) is 0 Å². The Labute approximate surface area is 159 Å². The molecule has 1 fully saturated rings. The molecule has 0 bridgehead atoms. The monoisotopic (exact) mass is 370 g/mol. The Morgan fingerprint density at radius 2 is 1.52 bits per heavy atom. The molecule has 0 heterocycles. The summed E-state index contributed by atoms with van der Waals surface area (Å²) >= 11 is 0. The van der Waals surface area contributed by atoms with Crippen LogP contribution in [0.25, 0.3) is 0 Å². The van der Waals surface area contributed by atoms with Crippen molar-refractivity contribution in [2.24, 2.45) is 11.8 Å². The predicted molar refractivity (Wildman–Crippen MR) is 102 cm³/mol. The van der Waals surface area contributed by atoms with E-state index in [1.165, 1.54) is 6.42 Å². The van der Waals surface area contributed by atoms with Crippen molar-refractivity contribution in [3.05, 3.63) is 42.0 Å². The summed E-state index contributed by atoms with van der Waals surface area (Å²) in [4.78, 5) is 36.2. The second kappa shape index (κ2) is 8.84. The van der Waals surface area contributed by atoms with E-state index in [0.717, 1.165) is 25.7 Å². The van der Waals surface area contributed by atoms with E-state index < -0.39 is 17.8 Å². The number of carboxylic acid groups (broad SMARTS) is 1. The SMILES string of the molecule is O=C(NC1CCCCC1)c1ccc(NC(=O)[C@@H]2CC=CC[C@H]2C(=O)O)cc1. The lowest BCUT2D eigenvalue weighted by atomic mass is 9.82. The lowest BCUT2D eigenvalue weighted by Crippen LogP contribution is -2.36. The van der Waals surface area contributed by atoms with Crippen molar-refractivity contribution in [2.45, 2.75) is 51.0 Å². The fraction of sp³-hybridized carbons (Fsp3) is 0.476. The van der Waals surface area contributed by atoms with E-state index >= 15 is 0 Å². The Morgan fingerprint density at radius 3 is 2.15 bits per heavy atom. The maximum atomic E-state index is 12.5. The number of hydrogen-bond donors (Lipinski definition) is 3. The molecule has 2 atom stereocenters. The molecule has 3 N–H and O–H groups in total. The molecule has 1 aromatic carbocycles. The second-order valence-corrected chi connectivity index (χ2v) is 7.37. The first-order valence-electron chi connectivity index (χ1n) is 9.64. The van der Waals surface area contributed by atoms with Gasteiger partial charge in [0, 0.05) is 17.3 Å². The quantitative estimate of drug-likeness (QED) is 0.693. The van der Waals surface area contributed by atoms with Crippen LogP contribution in [0.1, 0.15) is 55.3 Å². The molecule has 3 rings (SSSR count). The van der Waals surface area contributed by atoms with Crippen molar-refractivity contribution in [1.29, 1.82) is 0 Å². The molecule has 6 heteroatoms. The Kier molecular flexibility index (Phi) is 6.27. The zero-order valence-electron chi connectivity index (χ0n) is 15.3. The molecule has 1 aromatic rings. The lowest BCUT2D eigenvalue weighted by molar-refractivity contribution is -0.146. The molecule has 0 radical (unpaired) electrons. The van der Waals surface area contributed by atoms with E-state index in [0.29, 0.717) is 24.1 Å². The lowest BCUT2D eigenvalue weighted by Gasteiger charge is -2.24. The third kappa shape index (κ3) is 4.96. The van der Waals surface area contributed by atoms with Gasteiger partial charge in [0.05, 0.1) is 11.8 Å². The summed E-state index contributed by atoms with van der Waals surface area (Å²) in [6, 6.07) is 6.98. The molecular weight excluding hydrogens is 344 g/mol. The summed E-state index contributed by atoms with van der Waals surface area (Å²) in [5, 5.41) is 15.1. The minimum Gasteiger partial charge on any atom is -0.481 e. The number of allylic oxidation sites excluding steroid dienone is 2. The van der Waals surface area contributed by atoms with Gasteiger partial charge in [0.1, 0.15) is 0 Å². The Hall–Kier alpha value is -2.63. The molecule has 0 saturated heterocycles. The average Bonchev–Trinajstić information content (AvgIpc) is 2.69. The number of aliphatic carboxylic acids is 1. The smallest absolute Gasteiger partial charge is 0.307 e. The zero-order valence-corrected chi connectivity index (χ0v) is 15.3. The zero-order chi connectivity index (χ0) is 19.2. The van der Waals surface area contributed by atoms with E-state index in [9.17, 15) is 19.5 Å². The van der Waals surface area contributed by atoms with Gasteiger partial charge in [0.2, 0.25) is 5.91 Å². The summed E-state index contributed by atoms with van der Waals surface area (Å²) in [5.41, 5.74) is 1.12. The number of amides is 2. The summed E-state index contributed by atoms with van der Waals surface area (Å²) in [5.74, 6) is -2.62. The van der Waals surface area contributed by atoms with Gasteiger partial charge in [0.25, 0.3) is 5.91 Å². The molecule has 144 valence electrons. The van der Waals surface area contributed by atoms with Crippen LogP contribution in [0.4, 0.5) is 5.69 Å². The van der Waals surface area contributed by atoms with Crippen LogP contribution in [0.5, 0.6) is 0 Å². The molecule has 27 heavy (non-hydrogen) atoms. The number of anilines is 1. The Morgan fingerprint density at radius 1 is 0.889 bits per heavy atom.